The zero-order valence-corrected chi connectivity index (χ0v) is 11.5. The Morgan fingerprint density at radius 1 is 1.38 bits per heavy atom. The summed E-state index contributed by atoms with van der Waals surface area (Å²) in [6, 6.07) is 8.77. The minimum absolute atomic E-state index is 0.00699. The molecule has 0 bridgehead atoms. The van der Waals surface area contributed by atoms with Crippen molar-refractivity contribution >= 4 is 15.7 Å². The zero-order valence-electron chi connectivity index (χ0n) is 10.7. The van der Waals surface area contributed by atoms with Gasteiger partial charge >= 0.3 is 5.82 Å². The molecular weight excluding hydrogens is 296 g/mol. The van der Waals surface area contributed by atoms with Gasteiger partial charge in [0.15, 0.2) is 9.84 Å². The van der Waals surface area contributed by atoms with E-state index in [1.165, 1.54) is 41.2 Å². The van der Waals surface area contributed by atoms with Crippen molar-refractivity contribution in [2.45, 2.75) is 11.4 Å². The summed E-state index contributed by atoms with van der Waals surface area (Å²) < 4.78 is 25.5. The lowest BCUT2D eigenvalue weighted by molar-refractivity contribution is -0.389. The topological polar surface area (TPSA) is 119 Å². The molecule has 0 amide bonds. The lowest BCUT2D eigenvalue weighted by atomic mass is 10.2. The Kier molecular flexibility index (Phi) is 4.00. The van der Waals surface area contributed by atoms with Crippen molar-refractivity contribution in [3.8, 4) is 6.07 Å². The first-order valence-electron chi connectivity index (χ1n) is 5.83. The molecule has 0 radical (unpaired) electrons. The number of sulfone groups is 1. The van der Waals surface area contributed by atoms with Crippen molar-refractivity contribution in [1.29, 1.82) is 5.26 Å². The number of aryl methyl sites for hydroxylation is 1. The van der Waals surface area contributed by atoms with Crippen LogP contribution in [0, 0.1) is 21.4 Å². The third-order valence-corrected chi connectivity index (χ3v) is 4.42. The van der Waals surface area contributed by atoms with E-state index in [2.05, 4.69) is 5.10 Å². The molecule has 108 valence electrons. The molecule has 0 unspecified atom stereocenters. The van der Waals surface area contributed by atoms with Crippen molar-refractivity contribution in [2.75, 3.05) is 5.75 Å². The van der Waals surface area contributed by atoms with Crippen molar-refractivity contribution < 1.29 is 13.3 Å². The lowest BCUT2D eigenvalue weighted by Gasteiger charge is -2.03. The maximum atomic E-state index is 12.1. The van der Waals surface area contributed by atoms with Gasteiger partial charge < -0.3 is 10.1 Å². The molecule has 0 aliphatic heterocycles. The summed E-state index contributed by atoms with van der Waals surface area (Å²) in [5.41, 5.74) is 0.255. The Hall–Kier alpha value is -2.73. The molecule has 0 aliphatic carbocycles. The SMILES string of the molecule is N#Cc1cccc(S(=O)(=O)CCn2ccc([N+](=O)[O-])n2)c1. The fourth-order valence-electron chi connectivity index (χ4n) is 1.66. The van der Waals surface area contributed by atoms with Gasteiger partial charge in [0, 0.05) is 0 Å². The molecular formula is C12H10N4O4S. The fourth-order valence-corrected chi connectivity index (χ4v) is 2.92. The van der Waals surface area contributed by atoms with Crippen LogP contribution in [0.3, 0.4) is 0 Å². The normalized spacial score (nSPS) is 11.0. The molecule has 2 aromatic rings. The smallest absolute Gasteiger partial charge is 0.358 e. The van der Waals surface area contributed by atoms with Crippen LogP contribution in [0.25, 0.3) is 0 Å². The molecule has 1 aromatic carbocycles. The van der Waals surface area contributed by atoms with E-state index in [4.69, 9.17) is 5.26 Å². The number of benzene rings is 1. The van der Waals surface area contributed by atoms with Gasteiger partial charge in [-0.05, 0) is 23.1 Å². The first-order chi connectivity index (χ1) is 9.92. The Balaban J connectivity index is 2.13. The molecule has 0 aliphatic rings. The number of nitro groups is 1. The standard InChI is InChI=1S/C12H10N4O4S/c13-9-10-2-1-3-11(8-10)21(19,20)7-6-15-5-4-12(14-15)16(17)18/h1-5,8H,6-7H2. The summed E-state index contributed by atoms with van der Waals surface area (Å²) >= 11 is 0. The molecule has 1 heterocycles. The van der Waals surface area contributed by atoms with Crippen LogP contribution in [0.2, 0.25) is 0 Å². The maximum Gasteiger partial charge on any atom is 0.389 e. The molecule has 0 fully saturated rings. The van der Waals surface area contributed by atoms with Gasteiger partial charge in [-0.15, -0.1) is 0 Å². The summed E-state index contributed by atoms with van der Waals surface area (Å²) in [7, 11) is -3.58. The van der Waals surface area contributed by atoms with Crippen LogP contribution in [-0.4, -0.2) is 28.9 Å². The molecule has 2 rings (SSSR count). The highest BCUT2D eigenvalue weighted by molar-refractivity contribution is 7.91. The van der Waals surface area contributed by atoms with Crippen molar-refractivity contribution in [1.82, 2.24) is 9.78 Å². The first kappa shape index (κ1) is 14.7. The molecule has 1 aromatic heterocycles. The van der Waals surface area contributed by atoms with E-state index >= 15 is 0 Å². The Morgan fingerprint density at radius 2 is 2.14 bits per heavy atom. The molecule has 8 nitrogen and oxygen atoms in total. The minimum Gasteiger partial charge on any atom is -0.358 e. The number of hydrogen-bond acceptors (Lipinski definition) is 6. The fraction of sp³-hybridized carbons (Fsp3) is 0.167. The van der Waals surface area contributed by atoms with Crippen molar-refractivity contribution in [3.05, 3.63) is 52.2 Å². The zero-order chi connectivity index (χ0) is 15.5. The molecule has 0 saturated carbocycles. The average Bonchev–Trinajstić information content (AvgIpc) is 2.94. The van der Waals surface area contributed by atoms with Crippen LogP contribution in [-0.2, 0) is 16.4 Å². The molecule has 0 spiro atoms. The monoisotopic (exact) mass is 306 g/mol. The highest BCUT2D eigenvalue weighted by Crippen LogP contribution is 2.14. The number of hydrogen-bond donors (Lipinski definition) is 0. The first-order valence-corrected chi connectivity index (χ1v) is 7.48. The second kappa shape index (κ2) is 5.72. The van der Waals surface area contributed by atoms with Crippen molar-refractivity contribution in [2.24, 2.45) is 0 Å². The van der Waals surface area contributed by atoms with Crippen molar-refractivity contribution in [3.63, 3.8) is 0 Å². The predicted octanol–water partition coefficient (Wildman–Crippen LogP) is 1.14. The van der Waals surface area contributed by atoms with Crippen LogP contribution in [0.5, 0.6) is 0 Å². The predicted molar refractivity (Wildman–Crippen MR) is 72.1 cm³/mol. The van der Waals surface area contributed by atoms with Gasteiger partial charge in [-0.3, -0.25) is 0 Å². The summed E-state index contributed by atoms with van der Waals surface area (Å²) in [6.45, 7) is -0.00699. The molecule has 0 N–H and O–H groups in total. The van der Waals surface area contributed by atoms with Crippen LogP contribution >= 0.6 is 0 Å². The second-order valence-electron chi connectivity index (χ2n) is 4.15. The van der Waals surface area contributed by atoms with E-state index in [1.807, 2.05) is 6.07 Å². The number of rotatable bonds is 5. The maximum absolute atomic E-state index is 12.1. The quantitative estimate of drug-likeness (QED) is 0.603. The second-order valence-corrected chi connectivity index (χ2v) is 6.26. The largest absolute Gasteiger partial charge is 0.389 e. The van der Waals surface area contributed by atoms with Crippen LogP contribution in [0.4, 0.5) is 5.82 Å². The third kappa shape index (κ3) is 3.43. The molecule has 21 heavy (non-hydrogen) atoms. The summed E-state index contributed by atoms with van der Waals surface area (Å²) in [4.78, 5) is 9.88. The Bertz CT molecular complexity index is 820. The number of aromatic nitrogens is 2. The Morgan fingerprint density at radius 3 is 2.76 bits per heavy atom. The van der Waals surface area contributed by atoms with E-state index in [0.717, 1.165) is 0 Å². The van der Waals surface area contributed by atoms with Gasteiger partial charge in [0.1, 0.15) is 0 Å². The third-order valence-electron chi connectivity index (χ3n) is 2.73. The van der Waals surface area contributed by atoms with Gasteiger partial charge in [0.05, 0.1) is 46.2 Å². The van der Waals surface area contributed by atoms with E-state index in [-0.39, 0.29) is 28.6 Å². The Labute approximate surface area is 120 Å². The van der Waals surface area contributed by atoms with Gasteiger partial charge in [0.2, 0.25) is 0 Å². The molecule has 0 saturated heterocycles. The highest BCUT2D eigenvalue weighted by atomic mass is 32.2. The van der Waals surface area contributed by atoms with Crippen LogP contribution in [0.1, 0.15) is 5.56 Å². The van der Waals surface area contributed by atoms with Gasteiger partial charge in [-0.1, -0.05) is 6.07 Å². The summed E-state index contributed by atoms with van der Waals surface area (Å²) in [6.07, 6.45) is 1.35. The molecule has 9 heteroatoms. The number of nitriles is 1. The van der Waals surface area contributed by atoms with Crippen LogP contribution < -0.4 is 0 Å². The average molecular weight is 306 g/mol. The minimum atomic E-state index is -3.58. The summed E-state index contributed by atoms with van der Waals surface area (Å²) in [5.74, 6) is -0.598. The van der Waals surface area contributed by atoms with Gasteiger partial charge in [0.25, 0.3) is 0 Å². The van der Waals surface area contributed by atoms with E-state index in [1.54, 1.807) is 0 Å². The lowest BCUT2D eigenvalue weighted by Crippen LogP contribution is -2.14. The van der Waals surface area contributed by atoms with E-state index in [9.17, 15) is 18.5 Å². The van der Waals surface area contributed by atoms with Crippen LogP contribution in [0.15, 0.2) is 41.4 Å². The van der Waals surface area contributed by atoms with E-state index in [0.29, 0.717) is 0 Å². The van der Waals surface area contributed by atoms with Gasteiger partial charge in [-0.25, -0.2) is 8.42 Å². The summed E-state index contributed by atoms with van der Waals surface area (Å²) in [5, 5.41) is 22.9. The van der Waals surface area contributed by atoms with E-state index < -0.39 is 14.8 Å². The highest BCUT2D eigenvalue weighted by Gasteiger charge is 2.17. The van der Waals surface area contributed by atoms with Gasteiger partial charge in [-0.2, -0.15) is 9.94 Å². The molecule has 0 atom stereocenters. The number of nitrogens with zero attached hydrogens (tertiary/aromatic N) is 4.